The zero-order valence-corrected chi connectivity index (χ0v) is 16.4. The molecule has 1 aliphatic heterocycles. The van der Waals surface area contributed by atoms with Crippen molar-refractivity contribution in [3.8, 4) is 0 Å². The van der Waals surface area contributed by atoms with Crippen molar-refractivity contribution < 1.29 is 0 Å². The molecule has 1 aromatic heterocycles. The van der Waals surface area contributed by atoms with E-state index in [4.69, 9.17) is 0 Å². The van der Waals surface area contributed by atoms with Gasteiger partial charge in [-0.3, -0.25) is 4.99 Å². The number of likely N-dealkylation sites (tertiary alicyclic amines) is 1. The van der Waals surface area contributed by atoms with E-state index < -0.39 is 0 Å². The minimum absolute atomic E-state index is 0.510. The van der Waals surface area contributed by atoms with Crippen LogP contribution in [-0.2, 0) is 0 Å². The van der Waals surface area contributed by atoms with Crippen LogP contribution in [0.5, 0.6) is 0 Å². The molecule has 0 saturated carbocycles. The lowest BCUT2D eigenvalue weighted by atomic mass is 10.0. The van der Waals surface area contributed by atoms with Crippen molar-refractivity contribution >= 4 is 17.3 Å². The van der Waals surface area contributed by atoms with E-state index >= 15 is 0 Å². The Balaban J connectivity index is 1.55. The van der Waals surface area contributed by atoms with Crippen LogP contribution in [0.15, 0.2) is 21.8 Å². The third-order valence-corrected chi connectivity index (χ3v) is 5.55. The summed E-state index contributed by atoms with van der Waals surface area (Å²) in [6.45, 7) is 10.4. The number of nitrogens with one attached hydrogen (secondary N) is 2. The standard InChI is InChI=1S/C19H34N4S/c1-16-7-6-11-23(14-16)10-5-4-9-21-19(20-3)22-13-17(2)18-8-12-24-15-18/h8,12,15-17H,4-7,9-11,13-14H2,1-3H3,(H2,20,21,22). The molecule has 2 atom stereocenters. The average molecular weight is 351 g/mol. The molecule has 0 aliphatic carbocycles. The molecule has 0 radical (unpaired) electrons. The summed E-state index contributed by atoms with van der Waals surface area (Å²) in [4.78, 5) is 6.95. The monoisotopic (exact) mass is 350 g/mol. The van der Waals surface area contributed by atoms with Gasteiger partial charge in [0, 0.05) is 26.7 Å². The van der Waals surface area contributed by atoms with Gasteiger partial charge in [0.15, 0.2) is 5.96 Å². The summed E-state index contributed by atoms with van der Waals surface area (Å²) in [6.07, 6.45) is 5.25. The van der Waals surface area contributed by atoms with Crippen molar-refractivity contribution in [1.82, 2.24) is 15.5 Å². The van der Waals surface area contributed by atoms with Gasteiger partial charge < -0.3 is 15.5 Å². The smallest absolute Gasteiger partial charge is 0.190 e. The molecule has 2 rings (SSSR count). The number of hydrogen-bond acceptors (Lipinski definition) is 3. The maximum absolute atomic E-state index is 4.33. The van der Waals surface area contributed by atoms with E-state index in [0.717, 1.165) is 25.0 Å². The van der Waals surface area contributed by atoms with Crippen LogP contribution in [-0.4, -0.2) is 50.6 Å². The predicted molar refractivity (Wildman–Crippen MR) is 106 cm³/mol. The maximum atomic E-state index is 4.33. The quantitative estimate of drug-likeness (QED) is 0.428. The predicted octanol–water partition coefficient (Wildman–Crippen LogP) is 3.53. The zero-order valence-electron chi connectivity index (χ0n) is 15.6. The largest absolute Gasteiger partial charge is 0.356 e. The highest BCUT2D eigenvalue weighted by Crippen LogP contribution is 2.17. The molecule has 1 aliphatic rings. The molecule has 2 heterocycles. The van der Waals surface area contributed by atoms with Gasteiger partial charge in [-0.2, -0.15) is 11.3 Å². The molecular weight excluding hydrogens is 316 g/mol. The molecule has 1 saturated heterocycles. The number of rotatable bonds is 8. The summed E-state index contributed by atoms with van der Waals surface area (Å²) in [5, 5.41) is 11.2. The Kier molecular flexibility index (Phi) is 8.60. The van der Waals surface area contributed by atoms with Crippen LogP contribution in [0.3, 0.4) is 0 Å². The van der Waals surface area contributed by atoms with E-state index in [2.05, 4.69) is 51.2 Å². The van der Waals surface area contributed by atoms with Crippen LogP contribution >= 0.6 is 11.3 Å². The van der Waals surface area contributed by atoms with Crippen LogP contribution in [0.1, 0.15) is 51.0 Å². The van der Waals surface area contributed by atoms with Gasteiger partial charge in [-0.25, -0.2) is 0 Å². The van der Waals surface area contributed by atoms with Gasteiger partial charge in [0.05, 0.1) is 0 Å². The number of guanidine groups is 1. The molecule has 0 amide bonds. The summed E-state index contributed by atoms with van der Waals surface area (Å²) >= 11 is 1.76. The van der Waals surface area contributed by atoms with Crippen LogP contribution in [0, 0.1) is 5.92 Å². The molecule has 4 nitrogen and oxygen atoms in total. The summed E-state index contributed by atoms with van der Waals surface area (Å²) < 4.78 is 0. The lowest BCUT2D eigenvalue weighted by Crippen LogP contribution is -2.39. The number of thiophene rings is 1. The third-order valence-electron chi connectivity index (χ3n) is 4.85. The summed E-state index contributed by atoms with van der Waals surface area (Å²) in [5.41, 5.74) is 1.40. The SMILES string of the molecule is CN=C(NCCCCN1CCCC(C)C1)NCC(C)c1ccsc1. The topological polar surface area (TPSA) is 39.7 Å². The van der Waals surface area contributed by atoms with Crippen molar-refractivity contribution in [3.63, 3.8) is 0 Å². The second-order valence-corrected chi connectivity index (χ2v) is 7.87. The zero-order chi connectivity index (χ0) is 17.2. The first kappa shape index (κ1) is 19.3. The van der Waals surface area contributed by atoms with Crippen LogP contribution < -0.4 is 10.6 Å². The molecule has 2 unspecified atom stereocenters. The van der Waals surface area contributed by atoms with Gasteiger partial charge in [0.2, 0.25) is 0 Å². The molecule has 1 aromatic rings. The van der Waals surface area contributed by atoms with Gasteiger partial charge in [-0.15, -0.1) is 0 Å². The van der Waals surface area contributed by atoms with Crippen LogP contribution in [0.4, 0.5) is 0 Å². The summed E-state index contributed by atoms with van der Waals surface area (Å²) in [6, 6.07) is 2.20. The first-order chi connectivity index (χ1) is 11.7. The number of nitrogens with zero attached hydrogens (tertiary/aromatic N) is 2. The Labute approximate surface area is 151 Å². The first-order valence-corrected chi connectivity index (χ1v) is 10.3. The number of piperidine rings is 1. The highest BCUT2D eigenvalue weighted by Gasteiger charge is 2.15. The van der Waals surface area contributed by atoms with E-state index in [9.17, 15) is 0 Å². The highest BCUT2D eigenvalue weighted by atomic mass is 32.1. The van der Waals surface area contributed by atoms with Crippen LogP contribution in [0.2, 0.25) is 0 Å². The van der Waals surface area contributed by atoms with E-state index in [1.54, 1.807) is 11.3 Å². The Morgan fingerprint density at radius 2 is 2.29 bits per heavy atom. The number of aliphatic imine (C=N–C) groups is 1. The lowest BCUT2D eigenvalue weighted by Gasteiger charge is -2.30. The highest BCUT2D eigenvalue weighted by molar-refractivity contribution is 7.07. The number of unbranched alkanes of at least 4 members (excludes halogenated alkanes) is 1. The van der Waals surface area contributed by atoms with Gasteiger partial charge in [-0.1, -0.05) is 13.8 Å². The summed E-state index contributed by atoms with van der Waals surface area (Å²) in [5.74, 6) is 2.31. The summed E-state index contributed by atoms with van der Waals surface area (Å²) in [7, 11) is 1.85. The van der Waals surface area contributed by atoms with Gasteiger partial charge in [-0.05, 0) is 73.0 Å². The molecule has 24 heavy (non-hydrogen) atoms. The maximum Gasteiger partial charge on any atom is 0.190 e. The third kappa shape index (κ3) is 6.81. The normalized spacial score (nSPS) is 20.8. The van der Waals surface area contributed by atoms with E-state index in [0.29, 0.717) is 5.92 Å². The molecule has 2 N–H and O–H groups in total. The van der Waals surface area contributed by atoms with E-state index in [-0.39, 0.29) is 0 Å². The van der Waals surface area contributed by atoms with E-state index in [1.165, 1.54) is 50.9 Å². The Bertz CT molecular complexity index is 472. The van der Waals surface area contributed by atoms with E-state index in [1.807, 2.05) is 7.05 Å². The fourth-order valence-corrected chi connectivity index (χ4v) is 4.08. The minimum Gasteiger partial charge on any atom is -0.356 e. The molecule has 0 aromatic carbocycles. The van der Waals surface area contributed by atoms with Crippen molar-refractivity contribution in [1.29, 1.82) is 0 Å². The molecule has 0 bridgehead atoms. The van der Waals surface area contributed by atoms with Crippen LogP contribution in [0.25, 0.3) is 0 Å². The fraction of sp³-hybridized carbons (Fsp3) is 0.737. The molecule has 0 spiro atoms. The molecule has 1 fully saturated rings. The van der Waals surface area contributed by atoms with Crippen molar-refractivity contribution in [2.24, 2.45) is 10.9 Å². The second-order valence-electron chi connectivity index (χ2n) is 7.09. The van der Waals surface area contributed by atoms with Crippen molar-refractivity contribution in [2.45, 2.75) is 45.4 Å². The molecular formula is C19H34N4S. The van der Waals surface area contributed by atoms with Crippen molar-refractivity contribution in [2.75, 3.05) is 39.8 Å². The lowest BCUT2D eigenvalue weighted by molar-refractivity contribution is 0.181. The van der Waals surface area contributed by atoms with Crippen molar-refractivity contribution in [3.05, 3.63) is 22.4 Å². The first-order valence-electron chi connectivity index (χ1n) is 9.38. The fourth-order valence-electron chi connectivity index (χ4n) is 3.30. The van der Waals surface area contributed by atoms with Gasteiger partial charge >= 0.3 is 0 Å². The Morgan fingerprint density at radius 3 is 3.00 bits per heavy atom. The molecule has 136 valence electrons. The Morgan fingerprint density at radius 1 is 1.42 bits per heavy atom. The Hall–Kier alpha value is -1.07. The average Bonchev–Trinajstić information content (AvgIpc) is 3.12. The second kappa shape index (κ2) is 10.7. The van der Waals surface area contributed by atoms with Gasteiger partial charge in [0.1, 0.15) is 0 Å². The minimum atomic E-state index is 0.510. The molecule has 5 heteroatoms. The van der Waals surface area contributed by atoms with Gasteiger partial charge in [0.25, 0.3) is 0 Å². The number of hydrogen-bond donors (Lipinski definition) is 2.